The summed E-state index contributed by atoms with van der Waals surface area (Å²) in [6, 6.07) is 21.5. The molecule has 66 heavy (non-hydrogen) atoms. The second-order valence-electron chi connectivity index (χ2n) is 16.6. The zero-order valence-electron chi connectivity index (χ0n) is 35.1. The van der Waals surface area contributed by atoms with E-state index in [0.717, 1.165) is 34.1 Å². The number of nitrogens with one attached hydrogen (secondary N) is 2. The molecule has 0 fully saturated rings. The topological polar surface area (TPSA) is 153 Å². The van der Waals surface area contributed by atoms with Crippen LogP contribution in [0.2, 0.25) is 0 Å². The monoisotopic (exact) mass is 974 g/mol. The Morgan fingerprint density at radius 2 is 0.970 bits per heavy atom. The number of anilines is 2. The van der Waals surface area contributed by atoms with E-state index in [9.17, 15) is 56.0 Å². The maximum Gasteiger partial charge on any atom is 0.416 e. The summed E-state index contributed by atoms with van der Waals surface area (Å²) in [5.41, 5.74) is 0.194. The van der Waals surface area contributed by atoms with Crippen LogP contribution in [0.4, 0.5) is 47.3 Å². The van der Waals surface area contributed by atoms with E-state index < -0.39 is 59.4 Å². The highest BCUT2D eigenvalue weighted by Gasteiger charge is 2.47. The average molecular weight is 976 g/mol. The number of rotatable bonds is 10. The SMILES string of the molecule is Br.C[N+](C)(CCN1CC2=C(C1=O)[C@@H](c1ccc(C#N)cc1)NC(=O)N2c1cccc(C(F)(F)F)c1)CCN1CC2=C(C1=O)[C@@H](c1ccc(C#N)cc1)NC(=O)N2c1cccc(C(F)(F)F)c1. The number of quaternary nitrogens is 1. The maximum atomic E-state index is 14.3. The number of alkyl halides is 6. The number of halogens is 7. The van der Waals surface area contributed by atoms with Crippen LogP contribution in [0, 0.1) is 22.7 Å². The first-order valence-electron chi connectivity index (χ1n) is 20.2. The summed E-state index contributed by atoms with van der Waals surface area (Å²) in [4.78, 5) is 61.3. The summed E-state index contributed by atoms with van der Waals surface area (Å²) in [7, 11) is 3.72. The predicted molar refractivity (Wildman–Crippen MR) is 232 cm³/mol. The normalized spacial score (nSPS) is 18.7. The molecule has 4 heterocycles. The van der Waals surface area contributed by atoms with E-state index in [1.165, 1.54) is 58.3 Å². The minimum atomic E-state index is -4.70. The lowest BCUT2D eigenvalue weighted by Crippen LogP contribution is -2.50. The van der Waals surface area contributed by atoms with Gasteiger partial charge in [0.25, 0.3) is 11.8 Å². The molecule has 2 N–H and O–H groups in total. The molecule has 4 aliphatic rings. The Balaban J connectivity index is 0.00000648. The number of amides is 6. The first-order valence-corrected chi connectivity index (χ1v) is 20.2. The van der Waals surface area contributed by atoms with Gasteiger partial charge in [-0.2, -0.15) is 36.9 Å². The lowest BCUT2D eigenvalue weighted by atomic mass is 9.94. The van der Waals surface area contributed by atoms with Gasteiger partial charge in [-0.05, 0) is 71.8 Å². The molecule has 8 rings (SSSR count). The molecule has 0 unspecified atom stereocenters. The van der Waals surface area contributed by atoms with Crippen molar-refractivity contribution in [3.05, 3.63) is 153 Å². The van der Waals surface area contributed by atoms with E-state index in [2.05, 4.69) is 10.6 Å². The second kappa shape index (κ2) is 17.7. The zero-order valence-corrected chi connectivity index (χ0v) is 36.8. The molecule has 4 aliphatic heterocycles. The standard InChI is InChI=1S/C46H37F6N9O4.BrH/c1-61(2,19-17-57-25-35-37(41(57)62)39(29-13-9-27(23-53)10-14-29)55-43(64)59(35)33-7-3-5-31(21-33)45(47,48)49)20-18-58-26-36-38(42(58)63)40(30-15-11-28(24-54)12-16-30)56-44(65)60(36)34-8-4-6-32(22-34)46(50,51)52;/h3-16,21-22,39-40H,17-20,25-26H2,1-2H3,(H-,55,56,64,65);1H/p+1/t39-,40-;/m1./s1. The first kappa shape index (κ1) is 46.8. The molecular weight excluding hydrogens is 936 g/mol. The van der Waals surface area contributed by atoms with Crippen molar-refractivity contribution in [2.45, 2.75) is 24.4 Å². The van der Waals surface area contributed by atoms with Crippen LogP contribution in [0.15, 0.2) is 120 Å². The van der Waals surface area contributed by atoms with Crippen molar-refractivity contribution < 1.29 is 50.0 Å². The van der Waals surface area contributed by atoms with E-state index in [-0.39, 0.29) is 81.6 Å². The van der Waals surface area contributed by atoms with Gasteiger partial charge in [-0.3, -0.25) is 19.4 Å². The number of nitrogens with zero attached hydrogens (tertiary/aromatic N) is 7. The molecule has 0 aromatic heterocycles. The Kier molecular flexibility index (Phi) is 12.5. The van der Waals surface area contributed by atoms with Gasteiger partial charge in [0.05, 0.1) is 134 Å². The fraction of sp³-hybridized carbons (Fsp3) is 0.261. The highest BCUT2D eigenvalue weighted by molar-refractivity contribution is 8.93. The molecule has 0 aliphatic carbocycles. The third kappa shape index (κ3) is 8.93. The average Bonchev–Trinajstić information content (AvgIpc) is 3.78. The Hall–Kier alpha value is -7.16. The van der Waals surface area contributed by atoms with E-state index in [4.69, 9.17) is 0 Å². The van der Waals surface area contributed by atoms with Crippen molar-refractivity contribution in [2.75, 3.05) is 63.2 Å². The quantitative estimate of drug-likeness (QED) is 0.124. The number of likely N-dealkylation sites (N-methyl/N-ethyl adjacent to an activating group) is 1. The number of hydrogen-bond acceptors (Lipinski definition) is 6. The van der Waals surface area contributed by atoms with Crippen LogP contribution in [-0.2, 0) is 21.9 Å². The van der Waals surface area contributed by atoms with Crippen LogP contribution in [0.5, 0.6) is 0 Å². The van der Waals surface area contributed by atoms with Crippen LogP contribution in [0.3, 0.4) is 0 Å². The summed E-state index contributed by atoms with van der Waals surface area (Å²) in [5, 5.41) is 24.2. The Bertz CT molecular complexity index is 2590. The van der Waals surface area contributed by atoms with Gasteiger partial charge in [0, 0.05) is 0 Å². The minimum Gasteiger partial charge on any atom is -0.327 e. The number of carbonyl (C=O) groups is 4. The van der Waals surface area contributed by atoms with Crippen molar-refractivity contribution in [3.8, 4) is 12.1 Å². The van der Waals surface area contributed by atoms with E-state index >= 15 is 0 Å². The molecule has 0 saturated heterocycles. The van der Waals surface area contributed by atoms with Gasteiger partial charge in [-0.1, -0.05) is 36.4 Å². The predicted octanol–water partition coefficient (Wildman–Crippen LogP) is 7.56. The Morgan fingerprint density at radius 3 is 1.30 bits per heavy atom. The van der Waals surface area contributed by atoms with Gasteiger partial charge in [-0.15, -0.1) is 17.0 Å². The number of nitriles is 2. The molecule has 20 heteroatoms. The molecule has 4 aromatic rings. The third-order valence-corrected chi connectivity index (χ3v) is 12.0. The molecule has 0 spiro atoms. The molecule has 340 valence electrons. The van der Waals surface area contributed by atoms with Crippen LogP contribution in [0.25, 0.3) is 0 Å². The van der Waals surface area contributed by atoms with E-state index in [1.54, 1.807) is 24.3 Å². The zero-order chi connectivity index (χ0) is 46.6. The fourth-order valence-electron chi connectivity index (χ4n) is 8.44. The highest BCUT2D eigenvalue weighted by Crippen LogP contribution is 2.42. The van der Waals surface area contributed by atoms with Crippen LogP contribution < -0.4 is 20.4 Å². The van der Waals surface area contributed by atoms with Crippen molar-refractivity contribution in [2.24, 2.45) is 0 Å². The van der Waals surface area contributed by atoms with Crippen molar-refractivity contribution in [1.29, 1.82) is 10.5 Å². The van der Waals surface area contributed by atoms with Crippen molar-refractivity contribution >= 4 is 52.2 Å². The van der Waals surface area contributed by atoms with Gasteiger partial charge in [0.15, 0.2) is 0 Å². The summed E-state index contributed by atoms with van der Waals surface area (Å²) in [5.74, 6) is -0.919. The van der Waals surface area contributed by atoms with Crippen LogP contribution >= 0.6 is 17.0 Å². The van der Waals surface area contributed by atoms with Crippen LogP contribution in [0.1, 0.15) is 45.5 Å². The maximum absolute atomic E-state index is 14.3. The summed E-state index contributed by atoms with van der Waals surface area (Å²) >= 11 is 0. The molecule has 13 nitrogen and oxygen atoms in total. The first-order chi connectivity index (χ1) is 30.8. The van der Waals surface area contributed by atoms with Gasteiger partial charge in [-0.25, -0.2) is 9.59 Å². The third-order valence-electron chi connectivity index (χ3n) is 12.0. The summed E-state index contributed by atoms with van der Waals surface area (Å²) < 4.78 is 83.0. The van der Waals surface area contributed by atoms with E-state index in [0.29, 0.717) is 35.3 Å². The molecule has 0 saturated carbocycles. The lowest BCUT2D eigenvalue weighted by Gasteiger charge is -2.34. The number of carbonyl (C=O) groups excluding carboxylic acids is 4. The number of benzene rings is 4. The van der Waals surface area contributed by atoms with Crippen LogP contribution in [-0.4, -0.2) is 91.5 Å². The summed E-state index contributed by atoms with van der Waals surface area (Å²) in [6.45, 7) is 0.615. The molecule has 6 amide bonds. The Labute approximate surface area is 384 Å². The highest BCUT2D eigenvalue weighted by atomic mass is 79.9. The van der Waals surface area contributed by atoms with Crippen molar-refractivity contribution in [1.82, 2.24) is 20.4 Å². The smallest absolute Gasteiger partial charge is 0.327 e. The van der Waals surface area contributed by atoms with Crippen molar-refractivity contribution in [3.63, 3.8) is 0 Å². The van der Waals surface area contributed by atoms with Gasteiger partial charge >= 0.3 is 24.4 Å². The number of urea groups is 2. The van der Waals surface area contributed by atoms with Gasteiger partial charge < -0.3 is 24.9 Å². The molecule has 0 bridgehead atoms. The minimum absolute atomic E-state index is 0. The van der Waals surface area contributed by atoms with E-state index in [1.807, 2.05) is 26.2 Å². The number of hydrogen-bond donors (Lipinski definition) is 2. The molecular formula is C46H39BrF6N9O4+. The molecule has 2 atom stereocenters. The summed E-state index contributed by atoms with van der Waals surface area (Å²) in [6.07, 6.45) is -9.41. The second-order valence-corrected chi connectivity index (χ2v) is 16.6. The van der Waals surface area contributed by atoms with Gasteiger partial charge in [0.2, 0.25) is 0 Å². The fourth-order valence-corrected chi connectivity index (χ4v) is 8.44. The largest absolute Gasteiger partial charge is 0.416 e. The van der Waals surface area contributed by atoms with Gasteiger partial charge in [0.1, 0.15) is 0 Å². The molecule has 0 radical (unpaired) electrons. The molecule has 4 aromatic carbocycles. The Morgan fingerprint density at radius 1 is 0.606 bits per heavy atom. The lowest BCUT2D eigenvalue weighted by molar-refractivity contribution is -0.889.